The second-order valence-electron chi connectivity index (χ2n) is 3.57. The van der Waals surface area contributed by atoms with Crippen LogP contribution in [-0.4, -0.2) is 37.0 Å². The second-order valence-corrected chi connectivity index (χ2v) is 3.57. The third-order valence-corrected chi connectivity index (χ3v) is 2.12. The molecular weight excluding hydrogens is 270 g/mol. The van der Waals surface area contributed by atoms with Crippen LogP contribution in [0.15, 0.2) is 12.3 Å². The van der Waals surface area contributed by atoms with Crippen molar-refractivity contribution >= 4 is 17.5 Å². The first-order chi connectivity index (χ1) is 8.77. The zero-order valence-corrected chi connectivity index (χ0v) is 9.79. The van der Waals surface area contributed by atoms with E-state index in [9.17, 15) is 22.4 Å². The van der Waals surface area contributed by atoms with Gasteiger partial charge in [-0.3, -0.25) is 0 Å². The maximum atomic E-state index is 12.7. The lowest BCUT2D eigenvalue weighted by Crippen LogP contribution is -2.35. The van der Waals surface area contributed by atoms with Gasteiger partial charge in [-0.15, -0.1) is 0 Å². The van der Waals surface area contributed by atoms with Gasteiger partial charge in [-0.2, -0.15) is 8.78 Å². The highest BCUT2D eigenvalue weighted by molar-refractivity contribution is 5.95. The molecule has 9 heteroatoms. The number of nitrogens with two attached hydrogens (primary N) is 1. The fraction of sp³-hybridized carbons (Fsp3) is 0.400. The van der Waals surface area contributed by atoms with Gasteiger partial charge in [0.15, 0.2) is 0 Å². The summed E-state index contributed by atoms with van der Waals surface area (Å²) in [4.78, 5) is 14.9. The summed E-state index contributed by atoms with van der Waals surface area (Å²) in [6, 6.07) is 1.14. The van der Waals surface area contributed by atoms with E-state index in [-0.39, 0.29) is 17.1 Å². The van der Waals surface area contributed by atoms with Crippen molar-refractivity contribution in [2.45, 2.75) is 12.3 Å². The van der Waals surface area contributed by atoms with Gasteiger partial charge in [0.05, 0.1) is 25.5 Å². The molecule has 0 aromatic carbocycles. The molecule has 0 amide bonds. The number of rotatable bonds is 5. The summed E-state index contributed by atoms with van der Waals surface area (Å²) < 4.78 is 53.9. The van der Waals surface area contributed by atoms with Gasteiger partial charge in [0, 0.05) is 0 Å². The highest BCUT2D eigenvalue weighted by Gasteiger charge is 2.40. The van der Waals surface area contributed by atoms with E-state index in [0.717, 1.165) is 19.4 Å². The quantitative estimate of drug-likeness (QED) is 0.635. The van der Waals surface area contributed by atoms with Crippen LogP contribution in [0.3, 0.4) is 0 Å². The molecule has 1 aromatic rings. The van der Waals surface area contributed by atoms with Gasteiger partial charge in [0.1, 0.15) is 11.4 Å². The molecule has 3 N–H and O–H groups in total. The van der Waals surface area contributed by atoms with Crippen LogP contribution in [-0.2, 0) is 4.74 Å². The number of pyridine rings is 1. The number of anilines is 2. The Bertz CT molecular complexity index is 468. The number of alkyl halides is 4. The summed E-state index contributed by atoms with van der Waals surface area (Å²) in [6.45, 7) is -1.37. The van der Waals surface area contributed by atoms with E-state index in [4.69, 9.17) is 5.73 Å². The molecule has 106 valence electrons. The highest BCUT2D eigenvalue weighted by atomic mass is 19.3. The van der Waals surface area contributed by atoms with Gasteiger partial charge >= 0.3 is 18.3 Å². The molecular formula is C10H11F4N3O2. The first-order valence-corrected chi connectivity index (χ1v) is 5.01. The summed E-state index contributed by atoms with van der Waals surface area (Å²) in [5.41, 5.74) is 5.27. The molecule has 0 fully saturated rings. The molecule has 1 heterocycles. The van der Waals surface area contributed by atoms with E-state index >= 15 is 0 Å². The number of aromatic nitrogens is 1. The molecule has 0 spiro atoms. The SMILES string of the molecule is COC(=O)c1cc(N)cnc1NCC(F)(F)C(F)F. The summed E-state index contributed by atoms with van der Waals surface area (Å²) >= 11 is 0. The van der Waals surface area contributed by atoms with E-state index in [0.29, 0.717) is 0 Å². The predicted octanol–water partition coefficient (Wildman–Crippen LogP) is 1.76. The Morgan fingerprint density at radius 1 is 1.58 bits per heavy atom. The summed E-state index contributed by atoms with van der Waals surface area (Å²) in [7, 11) is 1.07. The van der Waals surface area contributed by atoms with Crippen LogP contribution >= 0.6 is 0 Å². The molecule has 0 aliphatic rings. The monoisotopic (exact) mass is 281 g/mol. The molecule has 0 atom stereocenters. The number of hydrogen-bond donors (Lipinski definition) is 2. The maximum absolute atomic E-state index is 12.7. The van der Waals surface area contributed by atoms with E-state index in [1.165, 1.54) is 0 Å². The zero-order valence-electron chi connectivity index (χ0n) is 9.79. The van der Waals surface area contributed by atoms with Crippen molar-refractivity contribution in [3.8, 4) is 0 Å². The Labute approximate surface area is 105 Å². The number of nitrogens with one attached hydrogen (secondary N) is 1. The Morgan fingerprint density at radius 2 is 2.21 bits per heavy atom. The third-order valence-electron chi connectivity index (χ3n) is 2.12. The number of hydrogen-bond acceptors (Lipinski definition) is 5. The fourth-order valence-electron chi connectivity index (χ4n) is 1.17. The van der Waals surface area contributed by atoms with Crippen molar-refractivity contribution in [1.29, 1.82) is 0 Å². The van der Waals surface area contributed by atoms with E-state index in [2.05, 4.69) is 9.72 Å². The lowest BCUT2D eigenvalue weighted by Gasteiger charge is -2.17. The number of esters is 1. The maximum Gasteiger partial charge on any atom is 0.341 e. The number of carbonyl (C=O) groups excluding carboxylic acids is 1. The van der Waals surface area contributed by atoms with Crippen molar-refractivity contribution in [2.24, 2.45) is 0 Å². The minimum atomic E-state index is -4.24. The van der Waals surface area contributed by atoms with Gasteiger partial charge < -0.3 is 15.8 Å². The van der Waals surface area contributed by atoms with Crippen molar-refractivity contribution in [2.75, 3.05) is 24.7 Å². The van der Waals surface area contributed by atoms with Crippen molar-refractivity contribution in [3.05, 3.63) is 17.8 Å². The van der Waals surface area contributed by atoms with Crippen LogP contribution in [0.4, 0.5) is 29.1 Å². The molecule has 19 heavy (non-hydrogen) atoms. The fourth-order valence-corrected chi connectivity index (χ4v) is 1.17. The number of nitrogen functional groups attached to an aromatic ring is 1. The van der Waals surface area contributed by atoms with Crippen molar-refractivity contribution in [1.82, 2.24) is 4.98 Å². The summed E-state index contributed by atoms with van der Waals surface area (Å²) in [6.07, 6.45) is -2.73. The van der Waals surface area contributed by atoms with Gasteiger partial charge in [-0.1, -0.05) is 0 Å². The van der Waals surface area contributed by atoms with E-state index < -0.39 is 24.9 Å². The minimum Gasteiger partial charge on any atom is -0.465 e. The average Bonchev–Trinajstić information content (AvgIpc) is 2.36. The van der Waals surface area contributed by atoms with Crippen LogP contribution in [0, 0.1) is 0 Å². The number of methoxy groups -OCH3 is 1. The highest BCUT2D eigenvalue weighted by Crippen LogP contribution is 2.24. The molecule has 0 saturated heterocycles. The van der Waals surface area contributed by atoms with Gasteiger partial charge in [0.25, 0.3) is 0 Å². The number of nitrogens with zero attached hydrogens (tertiary/aromatic N) is 1. The summed E-state index contributed by atoms with van der Waals surface area (Å²) in [5.74, 6) is -5.42. The van der Waals surface area contributed by atoms with Crippen LogP contribution in [0.2, 0.25) is 0 Å². The lowest BCUT2D eigenvalue weighted by molar-refractivity contribution is -0.117. The minimum absolute atomic E-state index is 0.103. The van der Waals surface area contributed by atoms with Crippen LogP contribution in [0.5, 0.6) is 0 Å². The topological polar surface area (TPSA) is 77.2 Å². The first kappa shape index (κ1) is 15.0. The number of carbonyl (C=O) groups is 1. The Morgan fingerprint density at radius 3 is 2.74 bits per heavy atom. The molecule has 0 aliphatic carbocycles. The number of halogens is 4. The molecule has 0 bridgehead atoms. The van der Waals surface area contributed by atoms with E-state index in [1.807, 2.05) is 5.32 Å². The van der Waals surface area contributed by atoms with Crippen LogP contribution in [0.25, 0.3) is 0 Å². The predicted molar refractivity (Wildman–Crippen MR) is 59.4 cm³/mol. The van der Waals surface area contributed by atoms with E-state index in [1.54, 1.807) is 0 Å². The molecule has 0 unspecified atom stereocenters. The molecule has 0 radical (unpaired) electrons. The van der Waals surface area contributed by atoms with Crippen LogP contribution in [0.1, 0.15) is 10.4 Å². The van der Waals surface area contributed by atoms with Gasteiger partial charge in [-0.25, -0.2) is 18.6 Å². The van der Waals surface area contributed by atoms with Crippen molar-refractivity contribution in [3.63, 3.8) is 0 Å². The third kappa shape index (κ3) is 3.70. The largest absolute Gasteiger partial charge is 0.465 e. The Kier molecular flexibility index (Phi) is 4.52. The normalized spacial score (nSPS) is 11.5. The Hall–Kier alpha value is -2.06. The first-order valence-electron chi connectivity index (χ1n) is 5.01. The number of ether oxygens (including phenoxy) is 1. The van der Waals surface area contributed by atoms with Crippen molar-refractivity contribution < 1.29 is 27.1 Å². The average molecular weight is 281 g/mol. The summed E-state index contributed by atoms with van der Waals surface area (Å²) in [5, 5.41) is 1.98. The molecule has 0 aliphatic heterocycles. The lowest BCUT2D eigenvalue weighted by atomic mass is 10.2. The molecule has 1 aromatic heterocycles. The smallest absolute Gasteiger partial charge is 0.341 e. The molecule has 0 saturated carbocycles. The second kappa shape index (κ2) is 5.72. The zero-order chi connectivity index (χ0) is 14.6. The molecule has 5 nitrogen and oxygen atoms in total. The molecule has 1 rings (SSSR count). The van der Waals surface area contributed by atoms with Gasteiger partial charge in [0.2, 0.25) is 0 Å². The Balaban J connectivity index is 2.92. The standard InChI is InChI=1S/C10H11F4N3O2/c1-19-8(18)6-2-5(15)3-16-7(6)17-4-10(13,14)9(11)12/h2-3,9H,4,15H2,1H3,(H,16,17). The van der Waals surface area contributed by atoms with Crippen LogP contribution < -0.4 is 11.1 Å². The van der Waals surface area contributed by atoms with Gasteiger partial charge in [-0.05, 0) is 6.07 Å².